The van der Waals surface area contributed by atoms with Gasteiger partial charge in [-0.25, -0.2) is 9.37 Å². The fourth-order valence-electron chi connectivity index (χ4n) is 1.78. The highest BCUT2D eigenvalue weighted by molar-refractivity contribution is 6.30. The lowest BCUT2D eigenvalue weighted by Gasteiger charge is -2.11. The normalized spacial score (nSPS) is 10.9. The molecule has 5 heteroatoms. The summed E-state index contributed by atoms with van der Waals surface area (Å²) in [6.07, 6.45) is 1.54. The molecule has 1 heterocycles. The van der Waals surface area contributed by atoms with Crippen LogP contribution in [-0.4, -0.2) is 11.5 Å². The molecule has 2 rings (SSSR count). The van der Waals surface area contributed by atoms with E-state index in [4.69, 9.17) is 16.3 Å². The maximum atomic E-state index is 14.3. The molecule has 0 radical (unpaired) electrons. The minimum atomic E-state index is -0.441. The highest BCUT2D eigenvalue weighted by atomic mass is 35.5. The van der Waals surface area contributed by atoms with E-state index in [0.717, 1.165) is 6.54 Å². The monoisotopic (exact) mass is 308 g/mol. The van der Waals surface area contributed by atoms with Crippen molar-refractivity contribution >= 4 is 11.6 Å². The summed E-state index contributed by atoms with van der Waals surface area (Å²) in [6.45, 7) is 5.48. The van der Waals surface area contributed by atoms with Gasteiger partial charge in [0.05, 0.1) is 0 Å². The van der Waals surface area contributed by atoms with Gasteiger partial charge in [0, 0.05) is 23.3 Å². The first-order valence-corrected chi connectivity index (χ1v) is 7.21. The van der Waals surface area contributed by atoms with Crippen molar-refractivity contribution in [2.24, 2.45) is 5.92 Å². The van der Waals surface area contributed by atoms with Gasteiger partial charge < -0.3 is 10.1 Å². The molecule has 0 aliphatic heterocycles. The lowest BCUT2D eigenvalue weighted by Crippen LogP contribution is -2.19. The largest absolute Gasteiger partial charge is 0.436 e. The SMILES string of the molecule is CC(C)CNCc1ccnc(Oc2ccc(Cl)cc2)c1F. The third-order valence-corrected chi connectivity index (χ3v) is 3.09. The zero-order valence-electron chi connectivity index (χ0n) is 12.1. The van der Waals surface area contributed by atoms with Crippen molar-refractivity contribution in [1.29, 1.82) is 0 Å². The minimum Gasteiger partial charge on any atom is -0.436 e. The van der Waals surface area contributed by atoms with E-state index in [-0.39, 0.29) is 5.88 Å². The summed E-state index contributed by atoms with van der Waals surface area (Å²) in [4.78, 5) is 3.94. The van der Waals surface area contributed by atoms with Crippen LogP contribution in [0.1, 0.15) is 19.4 Å². The van der Waals surface area contributed by atoms with Crippen molar-refractivity contribution in [3.05, 3.63) is 52.9 Å². The molecule has 1 N–H and O–H groups in total. The Hall–Kier alpha value is -1.65. The van der Waals surface area contributed by atoms with E-state index in [1.165, 1.54) is 0 Å². The Morgan fingerprint density at radius 2 is 1.95 bits per heavy atom. The molecule has 0 fully saturated rings. The van der Waals surface area contributed by atoms with Crippen LogP contribution in [0.3, 0.4) is 0 Å². The van der Waals surface area contributed by atoms with Gasteiger partial charge >= 0.3 is 0 Å². The number of hydrogen-bond donors (Lipinski definition) is 1. The standard InChI is InChI=1S/C16H18ClFN2O/c1-11(2)9-19-10-12-7-8-20-16(15(12)18)21-14-5-3-13(17)4-6-14/h3-8,11,19H,9-10H2,1-2H3. The number of rotatable bonds is 6. The van der Waals surface area contributed by atoms with Crippen LogP contribution in [0, 0.1) is 11.7 Å². The Labute approximate surface area is 129 Å². The molecule has 0 saturated carbocycles. The Kier molecular flexibility index (Phi) is 5.53. The van der Waals surface area contributed by atoms with Gasteiger partial charge in [0.1, 0.15) is 5.75 Å². The number of hydrogen-bond acceptors (Lipinski definition) is 3. The van der Waals surface area contributed by atoms with E-state index >= 15 is 0 Å². The zero-order valence-corrected chi connectivity index (χ0v) is 12.8. The Bertz CT molecular complexity index is 587. The molecule has 0 aliphatic rings. The molecule has 0 amide bonds. The number of ether oxygens (including phenoxy) is 1. The van der Waals surface area contributed by atoms with E-state index < -0.39 is 5.82 Å². The topological polar surface area (TPSA) is 34.2 Å². The molecule has 0 aliphatic carbocycles. The summed E-state index contributed by atoms with van der Waals surface area (Å²) in [6, 6.07) is 8.36. The van der Waals surface area contributed by atoms with E-state index in [9.17, 15) is 4.39 Å². The predicted octanol–water partition coefficient (Wildman–Crippen LogP) is 4.41. The predicted molar refractivity (Wildman–Crippen MR) is 82.3 cm³/mol. The number of pyridine rings is 1. The molecule has 1 aromatic heterocycles. The van der Waals surface area contributed by atoms with Crippen molar-refractivity contribution in [1.82, 2.24) is 10.3 Å². The molecule has 112 valence electrons. The van der Waals surface area contributed by atoms with Crippen LogP contribution in [0.5, 0.6) is 11.6 Å². The van der Waals surface area contributed by atoms with Gasteiger partial charge in [-0.05, 0) is 42.8 Å². The van der Waals surface area contributed by atoms with E-state index in [1.807, 2.05) is 0 Å². The van der Waals surface area contributed by atoms with Crippen LogP contribution in [-0.2, 0) is 6.54 Å². The quantitative estimate of drug-likeness (QED) is 0.858. The number of nitrogens with zero attached hydrogens (tertiary/aromatic N) is 1. The average Bonchev–Trinajstić information content (AvgIpc) is 2.45. The van der Waals surface area contributed by atoms with E-state index in [2.05, 4.69) is 24.1 Å². The number of halogens is 2. The summed E-state index contributed by atoms with van der Waals surface area (Å²) in [5, 5.41) is 3.80. The third kappa shape index (κ3) is 4.69. The maximum Gasteiger partial charge on any atom is 0.256 e. The molecule has 21 heavy (non-hydrogen) atoms. The van der Waals surface area contributed by atoms with Gasteiger partial charge in [0.15, 0.2) is 5.82 Å². The van der Waals surface area contributed by atoms with Crippen LogP contribution >= 0.6 is 11.6 Å². The molecule has 2 aromatic rings. The number of benzene rings is 1. The first-order chi connectivity index (χ1) is 10.1. The fourth-order valence-corrected chi connectivity index (χ4v) is 1.91. The molecular weight excluding hydrogens is 291 g/mol. The van der Waals surface area contributed by atoms with Gasteiger partial charge in [-0.2, -0.15) is 0 Å². The molecule has 0 spiro atoms. The van der Waals surface area contributed by atoms with E-state index in [0.29, 0.717) is 28.8 Å². The van der Waals surface area contributed by atoms with Crippen molar-refractivity contribution < 1.29 is 9.13 Å². The first-order valence-electron chi connectivity index (χ1n) is 6.84. The molecule has 0 bridgehead atoms. The summed E-state index contributed by atoms with van der Waals surface area (Å²) in [5.41, 5.74) is 0.537. The van der Waals surface area contributed by atoms with Gasteiger partial charge in [0.25, 0.3) is 5.88 Å². The van der Waals surface area contributed by atoms with Crippen LogP contribution in [0.15, 0.2) is 36.5 Å². The van der Waals surface area contributed by atoms with Crippen molar-refractivity contribution in [3.63, 3.8) is 0 Å². The fraction of sp³-hybridized carbons (Fsp3) is 0.312. The van der Waals surface area contributed by atoms with Gasteiger partial charge in [-0.1, -0.05) is 25.4 Å². The number of nitrogens with one attached hydrogen (secondary N) is 1. The smallest absolute Gasteiger partial charge is 0.256 e. The molecule has 1 aromatic carbocycles. The summed E-state index contributed by atoms with van der Waals surface area (Å²) in [5.74, 6) is 0.544. The summed E-state index contributed by atoms with van der Waals surface area (Å²) in [7, 11) is 0. The first kappa shape index (κ1) is 15.7. The second-order valence-corrected chi connectivity index (χ2v) is 5.61. The van der Waals surface area contributed by atoms with Gasteiger partial charge in [-0.3, -0.25) is 0 Å². The molecular formula is C16H18ClFN2O. The summed E-state index contributed by atoms with van der Waals surface area (Å²) < 4.78 is 19.8. The van der Waals surface area contributed by atoms with Crippen LogP contribution < -0.4 is 10.1 Å². The lowest BCUT2D eigenvalue weighted by atomic mass is 10.2. The molecule has 0 unspecified atom stereocenters. The van der Waals surface area contributed by atoms with Crippen LogP contribution in [0.2, 0.25) is 5.02 Å². The average molecular weight is 309 g/mol. The minimum absolute atomic E-state index is 0.0267. The van der Waals surface area contributed by atoms with Crippen molar-refractivity contribution in [2.45, 2.75) is 20.4 Å². The Morgan fingerprint density at radius 3 is 2.62 bits per heavy atom. The van der Waals surface area contributed by atoms with Crippen molar-refractivity contribution in [3.8, 4) is 11.6 Å². The molecule has 0 atom stereocenters. The second-order valence-electron chi connectivity index (χ2n) is 5.17. The maximum absolute atomic E-state index is 14.3. The Morgan fingerprint density at radius 1 is 1.24 bits per heavy atom. The molecule has 0 saturated heterocycles. The van der Waals surface area contributed by atoms with Crippen molar-refractivity contribution in [2.75, 3.05) is 6.54 Å². The van der Waals surface area contributed by atoms with Crippen LogP contribution in [0.25, 0.3) is 0 Å². The lowest BCUT2D eigenvalue weighted by molar-refractivity contribution is 0.416. The zero-order chi connectivity index (χ0) is 15.2. The van der Waals surface area contributed by atoms with Gasteiger partial charge in [0.2, 0.25) is 0 Å². The highest BCUT2D eigenvalue weighted by Crippen LogP contribution is 2.25. The molecule has 3 nitrogen and oxygen atoms in total. The van der Waals surface area contributed by atoms with Crippen LogP contribution in [0.4, 0.5) is 4.39 Å². The summed E-state index contributed by atoms with van der Waals surface area (Å²) >= 11 is 5.80. The Balaban J connectivity index is 2.08. The van der Waals surface area contributed by atoms with E-state index in [1.54, 1.807) is 36.5 Å². The second kappa shape index (κ2) is 7.38. The number of aromatic nitrogens is 1. The third-order valence-electron chi connectivity index (χ3n) is 2.83. The van der Waals surface area contributed by atoms with Gasteiger partial charge in [-0.15, -0.1) is 0 Å². The highest BCUT2D eigenvalue weighted by Gasteiger charge is 2.11.